The Morgan fingerprint density at radius 3 is 2.00 bits per heavy atom. The van der Waals surface area contributed by atoms with Crippen molar-refractivity contribution < 1.29 is 4.79 Å². The maximum atomic E-state index is 9.70. The van der Waals surface area contributed by atoms with E-state index in [1.54, 1.807) is 12.2 Å². The Bertz CT molecular complexity index is 141. The fourth-order valence-electron chi connectivity index (χ4n) is 0.349. The lowest BCUT2D eigenvalue weighted by molar-refractivity contribution is -0.104. The molecule has 1 nitrogen and oxygen atoms in total. The number of aldehydes is 1. The van der Waals surface area contributed by atoms with Gasteiger partial charge in [-0.25, -0.2) is 0 Å². The number of carbonyl (C=O) groups is 1. The van der Waals surface area contributed by atoms with Gasteiger partial charge >= 0.3 is 0 Å². The summed E-state index contributed by atoms with van der Waals surface area (Å²) in [6, 6.07) is 0. The molecule has 0 aromatic carbocycles. The van der Waals surface area contributed by atoms with Crippen LogP contribution in [0.2, 0.25) is 0 Å². The summed E-state index contributed by atoms with van der Waals surface area (Å²) in [5.74, 6) is 0. The molecule has 0 N–H and O–H groups in total. The van der Waals surface area contributed by atoms with Crippen LogP contribution in [0.25, 0.3) is 0 Å². The summed E-state index contributed by atoms with van der Waals surface area (Å²) in [7, 11) is 0. The monoisotopic (exact) mass is 122 g/mol. The topological polar surface area (TPSA) is 17.1 Å². The maximum absolute atomic E-state index is 9.70. The SMILES string of the molecule is CC=CC=CC=CC=O. The van der Waals surface area contributed by atoms with Crippen LogP contribution in [0, 0.1) is 0 Å². The second-order valence-electron chi connectivity index (χ2n) is 1.43. The third kappa shape index (κ3) is 6.89. The first-order chi connectivity index (χ1) is 4.41. The van der Waals surface area contributed by atoms with Crippen molar-refractivity contribution in [2.75, 3.05) is 0 Å². The van der Waals surface area contributed by atoms with E-state index in [9.17, 15) is 4.79 Å². The quantitative estimate of drug-likeness (QED) is 0.317. The smallest absolute Gasteiger partial charge is 0.142 e. The van der Waals surface area contributed by atoms with E-state index in [-0.39, 0.29) is 0 Å². The van der Waals surface area contributed by atoms with Gasteiger partial charge in [0.05, 0.1) is 0 Å². The molecular weight excluding hydrogens is 112 g/mol. The van der Waals surface area contributed by atoms with Crippen molar-refractivity contribution in [3.05, 3.63) is 36.5 Å². The molecule has 0 spiro atoms. The molecule has 0 bridgehead atoms. The van der Waals surface area contributed by atoms with Crippen molar-refractivity contribution in [1.82, 2.24) is 0 Å². The molecule has 48 valence electrons. The molecule has 0 rings (SSSR count). The van der Waals surface area contributed by atoms with Gasteiger partial charge in [-0.1, -0.05) is 30.4 Å². The maximum Gasteiger partial charge on any atom is 0.142 e. The van der Waals surface area contributed by atoms with Crippen LogP contribution in [-0.2, 0) is 4.79 Å². The fourth-order valence-corrected chi connectivity index (χ4v) is 0.349. The largest absolute Gasteiger partial charge is 0.299 e. The molecular formula is C8H10O. The average Bonchev–Trinajstić information content (AvgIpc) is 1.89. The Morgan fingerprint density at radius 2 is 1.44 bits per heavy atom. The molecule has 0 fully saturated rings. The van der Waals surface area contributed by atoms with Crippen molar-refractivity contribution in [3.8, 4) is 0 Å². The van der Waals surface area contributed by atoms with E-state index in [1.807, 2.05) is 25.2 Å². The summed E-state index contributed by atoms with van der Waals surface area (Å²) in [6.07, 6.45) is 11.4. The van der Waals surface area contributed by atoms with Crippen LogP contribution in [-0.4, -0.2) is 6.29 Å². The standard InChI is InChI=1S/C8H10O/c1-2-3-4-5-6-7-8-9/h2-8H,1H3. The minimum atomic E-state index is 0.750. The molecule has 0 heterocycles. The molecule has 9 heavy (non-hydrogen) atoms. The van der Waals surface area contributed by atoms with E-state index in [0.717, 1.165) is 6.29 Å². The van der Waals surface area contributed by atoms with Crippen LogP contribution in [0.4, 0.5) is 0 Å². The van der Waals surface area contributed by atoms with Gasteiger partial charge in [0.15, 0.2) is 0 Å². The lowest BCUT2D eigenvalue weighted by Crippen LogP contribution is -1.55. The Morgan fingerprint density at radius 1 is 0.889 bits per heavy atom. The van der Waals surface area contributed by atoms with Gasteiger partial charge < -0.3 is 0 Å². The highest BCUT2D eigenvalue weighted by atomic mass is 16.1. The third-order valence-electron chi connectivity index (χ3n) is 0.715. The number of rotatable bonds is 3. The minimum Gasteiger partial charge on any atom is -0.299 e. The summed E-state index contributed by atoms with van der Waals surface area (Å²) in [4.78, 5) is 9.70. The van der Waals surface area contributed by atoms with Crippen molar-refractivity contribution in [2.24, 2.45) is 0 Å². The third-order valence-corrected chi connectivity index (χ3v) is 0.715. The van der Waals surface area contributed by atoms with Crippen LogP contribution in [0.1, 0.15) is 6.92 Å². The first-order valence-corrected chi connectivity index (χ1v) is 2.81. The minimum absolute atomic E-state index is 0.750. The Labute approximate surface area is 55.4 Å². The molecule has 0 aromatic heterocycles. The predicted molar refractivity (Wildman–Crippen MR) is 39.2 cm³/mol. The first kappa shape index (κ1) is 7.89. The van der Waals surface area contributed by atoms with E-state index in [2.05, 4.69) is 0 Å². The second kappa shape index (κ2) is 6.89. The molecule has 0 aliphatic heterocycles. The summed E-state index contributed by atoms with van der Waals surface area (Å²) < 4.78 is 0. The van der Waals surface area contributed by atoms with Gasteiger partial charge in [-0.3, -0.25) is 4.79 Å². The molecule has 0 aromatic rings. The van der Waals surface area contributed by atoms with Gasteiger partial charge in [0.1, 0.15) is 6.29 Å². The molecule has 1 heteroatoms. The van der Waals surface area contributed by atoms with Crippen molar-refractivity contribution >= 4 is 6.29 Å². The zero-order valence-electron chi connectivity index (χ0n) is 5.45. The lowest BCUT2D eigenvalue weighted by Gasteiger charge is -1.68. The molecule has 0 amide bonds. The lowest BCUT2D eigenvalue weighted by atomic mass is 10.4. The number of hydrogen-bond donors (Lipinski definition) is 0. The summed E-state index contributed by atoms with van der Waals surface area (Å²) in [5, 5.41) is 0. The highest BCUT2D eigenvalue weighted by molar-refractivity contribution is 5.65. The summed E-state index contributed by atoms with van der Waals surface area (Å²) in [5.41, 5.74) is 0. The van der Waals surface area contributed by atoms with Gasteiger partial charge in [-0.15, -0.1) is 0 Å². The van der Waals surface area contributed by atoms with Gasteiger partial charge in [0, 0.05) is 0 Å². The van der Waals surface area contributed by atoms with E-state index in [4.69, 9.17) is 0 Å². The van der Waals surface area contributed by atoms with Crippen LogP contribution < -0.4 is 0 Å². The molecule has 0 unspecified atom stereocenters. The van der Waals surface area contributed by atoms with E-state index >= 15 is 0 Å². The Hall–Kier alpha value is -1.11. The van der Waals surface area contributed by atoms with Gasteiger partial charge in [0.25, 0.3) is 0 Å². The van der Waals surface area contributed by atoms with Crippen LogP contribution in [0.15, 0.2) is 36.5 Å². The zero-order chi connectivity index (χ0) is 6.95. The zero-order valence-corrected chi connectivity index (χ0v) is 5.45. The van der Waals surface area contributed by atoms with E-state index < -0.39 is 0 Å². The Kier molecular flexibility index (Phi) is 6.04. The second-order valence-corrected chi connectivity index (χ2v) is 1.43. The highest BCUT2D eigenvalue weighted by Gasteiger charge is 1.59. The molecule has 0 aliphatic carbocycles. The average molecular weight is 122 g/mol. The normalized spacial score (nSPS) is 12.1. The van der Waals surface area contributed by atoms with Crippen LogP contribution >= 0.6 is 0 Å². The molecule has 0 saturated heterocycles. The summed E-state index contributed by atoms with van der Waals surface area (Å²) in [6.45, 7) is 1.94. The number of carbonyl (C=O) groups excluding carboxylic acids is 1. The van der Waals surface area contributed by atoms with E-state index in [0.29, 0.717) is 0 Å². The Balaban J connectivity index is 3.46. The van der Waals surface area contributed by atoms with Crippen molar-refractivity contribution in [2.45, 2.75) is 6.92 Å². The van der Waals surface area contributed by atoms with Crippen molar-refractivity contribution in [1.29, 1.82) is 0 Å². The van der Waals surface area contributed by atoms with E-state index in [1.165, 1.54) is 6.08 Å². The van der Waals surface area contributed by atoms with Crippen LogP contribution in [0.5, 0.6) is 0 Å². The molecule has 0 radical (unpaired) electrons. The number of hydrogen-bond acceptors (Lipinski definition) is 1. The van der Waals surface area contributed by atoms with Gasteiger partial charge in [0.2, 0.25) is 0 Å². The van der Waals surface area contributed by atoms with Gasteiger partial charge in [-0.05, 0) is 13.0 Å². The number of allylic oxidation sites excluding steroid dienone is 6. The predicted octanol–water partition coefficient (Wildman–Crippen LogP) is 1.87. The first-order valence-electron chi connectivity index (χ1n) is 2.81. The van der Waals surface area contributed by atoms with Crippen LogP contribution in [0.3, 0.4) is 0 Å². The molecule has 0 aliphatic rings. The molecule has 0 saturated carbocycles. The van der Waals surface area contributed by atoms with Crippen molar-refractivity contribution in [3.63, 3.8) is 0 Å². The molecule has 0 atom stereocenters. The van der Waals surface area contributed by atoms with Gasteiger partial charge in [-0.2, -0.15) is 0 Å². The summed E-state index contributed by atoms with van der Waals surface area (Å²) >= 11 is 0. The highest BCUT2D eigenvalue weighted by Crippen LogP contribution is 1.77. The fraction of sp³-hybridized carbons (Fsp3) is 0.125.